The number of pyridine rings is 2. The highest BCUT2D eigenvalue weighted by atomic mass is 19.1. The van der Waals surface area contributed by atoms with Gasteiger partial charge >= 0.3 is 0 Å². The van der Waals surface area contributed by atoms with E-state index in [2.05, 4.69) is 21.9 Å². The second-order valence-electron chi connectivity index (χ2n) is 7.81. The molecule has 1 atom stereocenters. The van der Waals surface area contributed by atoms with Gasteiger partial charge in [0.1, 0.15) is 5.75 Å². The smallest absolute Gasteiger partial charge is 0.245 e. The van der Waals surface area contributed by atoms with Crippen LogP contribution in [0.5, 0.6) is 11.6 Å². The molecule has 0 unspecified atom stereocenters. The fourth-order valence-electron chi connectivity index (χ4n) is 3.87. The molecule has 0 bridgehead atoms. The Balaban J connectivity index is 1.56. The van der Waals surface area contributed by atoms with E-state index < -0.39 is 11.8 Å². The van der Waals surface area contributed by atoms with E-state index in [9.17, 15) is 13.6 Å². The number of halogens is 2. The summed E-state index contributed by atoms with van der Waals surface area (Å²) in [7, 11) is 0. The number of benzene rings is 1. The van der Waals surface area contributed by atoms with Crippen molar-refractivity contribution < 1.29 is 18.3 Å². The Hall–Kier alpha value is -4.14. The molecule has 1 amide bonds. The third-order valence-corrected chi connectivity index (χ3v) is 5.54. The van der Waals surface area contributed by atoms with Crippen LogP contribution >= 0.6 is 0 Å². The molecule has 0 spiro atoms. The first-order chi connectivity index (χ1) is 16.5. The number of hydrogen-bond acceptors (Lipinski definition) is 6. The van der Waals surface area contributed by atoms with Crippen molar-refractivity contribution in [3.63, 3.8) is 0 Å². The predicted octanol–water partition coefficient (Wildman–Crippen LogP) is 5.08. The topological polar surface area (TPSA) is 91.2 Å². The number of hydrogen-bond donors (Lipinski definition) is 2. The number of nitrogens with zero attached hydrogens (tertiary/aromatic N) is 3. The number of ether oxygens (including phenoxy) is 1. The monoisotopic (exact) mass is 463 g/mol. The largest absolute Gasteiger partial charge is 0.439 e. The third-order valence-electron chi connectivity index (χ3n) is 5.54. The standard InChI is InChI=1S/C25H23F2N5O2/c1-2-22(33)32-12-6-7-16(15-32)24(28)23-18(26)13-29-14-20(23)30-19-10-11-21(31-25(19)27)34-17-8-4-3-5-9-17/h2-5,8-11,13-14,16,28,30H,1,6-7,12,15H2/t16-/m0/s1. The van der Waals surface area contributed by atoms with Crippen LogP contribution in [0.4, 0.5) is 20.2 Å². The van der Waals surface area contributed by atoms with Crippen molar-refractivity contribution in [2.45, 2.75) is 12.8 Å². The van der Waals surface area contributed by atoms with Crippen LogP contribution in [0, 0.1) is 23.1 Å². The van der Waals surface area contributed by atoms with Crippen LogP contribution in [0.25, 0.3) is 0 Å². The van der Waals surface area contributed by atoms with Crippen molar-refractivity contribution in [2.24, 2.45) is 5.92 Å². The quantitative estimate of drug-likeness (QED) is 0.290. The molecule has 1 saturated heterocycles. The van der Waals surface area contributed by atoms with Crippen LogP contribution in [-0.4, -0.2) is 39.6 Å². The summed E-state index contributed by atoms with van der Waals surface area (Å²) in [6.07, 6.45) is 4.88. The maximum absolute atomic E-state index is 14.8. The maximum Gasteiger partial charge on any atom is 0.245 e. The molecule has 1 fully saturated rings. The molecule has 34 heavy (non-hydrogen) atoms. The van der Waals surface area contributed by atoms with E-state index in [1.807, 2.05) is 6.07 Å². The summed E-state index contributed by atoms with van der Waals surface area (Å²) in [5.74, 6) is -1.59. The van der Waals surface area contributed by atoms with E-state index in [0.29, 0.717) is 25.1 Å². The van der Waals surface area contributed by atoms with E-state index in [-0.39, 0.29) is 46.9 Å². The molecule has 2 aromatic heterocycles. The van der Waals surface area contributed by atoms with Crippen molar-refractivity contribution in [1.82, 2.24) is 14.9 Å². The zero-order chi connectivity index (χ0) is 24.1. The molecule has 4 rings (SSSR count). The lowest BCUT2D eigenvalue weighted by atomic mass is 9.88. The third kappa shape index (κ3) is 5.09. The maximum atomic E-state index is 14.8. The summed E-state index contributed by atoms with van der Waals surface area (Å²) in [6.45, 7) is 4.35. The Kier molecular flexibility index (Phi) is 6.91. The average Bonchev–Trinajstić information content (AvgIpc) is 2.85. The molecule has 1 aromatic carbocycles. The first-order valence-electron chi connectivity index (χ1n) is 10.8. The van der Waals surface area contributed by atoms with Gasteiger partial charge in [-0.3, -0.25) is 9.78 Å². The summed E-state index contributed by atoms with van der Waals surface area (Å²) in [6, 6.07) is 11.7. The summed E-state index contributed by atoms with van der Waals surface area (Å²) >= 11 is 0. The normalized spacial score (nSPS) is 15.5. The van der Waals surface area contributed by atoms with Crippen LogP contribution in [0.1, 0.15) is 18.4 Å². The first kappa shape index (κ1) is 23.0. The lowest BCUT2D eigenvalue weighted by Crippen LogP contribution is -2.41. The van der Waals surface area contributed by atoms with Crippen LogP contribution in [0.15, 0.2) is 67.5 Å². The fourth-order valence-corrected chi connectivity index (χ4v) is 3.87. The van der Waals surface area contributed by atoms with Crippen molar-refractivity contribution in [3.05, 3.63) is 84.8 Å². The second kappa shape index (κ2) is 10.2. The van der Waals surface area contributed by atoms with E-state index in [1.165, 1.54) is 24.4 Å². The zero-order valence-electron chi connectivity index (χ0n) is 18.3. The molecule has 9 heteroatoms. The van der Waals surface area contributed by atoms with Gasteiger partial charge in [-0.1, -0.05) is 24.8 Å². The lowest BCUT2D eigenvalue weighted by molar-refractivity contribution is -0.127. The molecule has 174 valence electrons. The van der Waals surface area contributed by atoms with Crippen LogP contribution in [0.3, 0.4) is 0 Å². The first-order valence-corrected chi connectivity index (χ1v) is 10.8. The Morgan fingerprint density at radius 2 is 1.97 bits per heavy atom. The van der Waals surface area contributed by atoms with Crippen LogP contribution in [-0.2, 0) is 4.79 Å². The molecular formula is C25H23F2N5O2. The number of likely N-dealkylation sites (tertiary alicyclic amines) is 1. The summed E-state index contributed by atoms with van der Waals surface area (Å²) in [5.41, 5.74) is 0.113. The molecule has 7 nitrogen and oxygen atoms in total. The number of carbonyl (C=O) groups excluding carboxylic acids is 1. The van der Waals surface area contributed by atoms with Gasteiger partial charge in [0.15, 0.2) is 5.82 Å². The molecule has 1 aliphatic heterocycles. The molecule has 0 radical (unpaired) electrons. The minimum Gasteiger partial charge on any atom is -0.439 e. The fraction of sp³-hybridized carbons (Fsp3) is 0.200. The van der Waals surface area contributed by atoms with Gasteiger partial charge in [-0.05, 0) is 37.1 Å². The van der Waals surface area contributed by atoms with Crippen molar-refractivity contribution >= 4 is 23.0 Å². The zero-order valence-corrected chi connectivity index (χ0v) is 18.3. The number of rotatable bonds is 7. The molecule has 0 saturated carbocycles. The number of nitrogens with one attached hydrogen (secondary N) is 2. The number of piperidine rings is 1. The molecular weight excluding hydrogens is 440 g/mol. The molecule has 2 N–H and O–H groups in total. The van der Waals surface area contributed by atoms with E-state index in [1.54, 1.807) is 29.2 Å². The van der Waals surface area contributed by atoms with Gasteiger partial charge < -0.3 is 20.4 Å². The van der Waals surface area contributed by atoms with Gasteiger partial charge in [0.05, 0.1) is 29.3 Å². The highest BCUT2D eigenvalue weighted by molar-refractivity contribution is 6.05. The average molecular weight is 463 g/mol. The van der Waals surface area contributed by atoms with Crippen LogP contribution < -0.4 is 10.1 Å². The number of amides is 1. The Labute approximate surface area is 195 Å². The van der Waals surface area contributed by atoms with E-state index in [0.717, 1.165) is 6.20 Å². The summed E-state index contributed by atoms with van der Waals surface area (Å²) < 4.78 is 35.1. The minimum atomic E-state index is -0.851. The number of aromatic nitrogens is 2. The van der Waals surface area contributed by atoms with Crippen molar-refractivity contribution in [3.8, 4) is 11.6 Å². The van der Waals surface area contributed by atoms with Gasteiger partial charge in [-0.15, -0.1) is 0 Å². The highest BCUT2D eigenvalue weighted by Gasteiger charge is 2.29. The van der Waals surface area contributed by atoms with Crippen molar-refractivity contribution in [2.75, 3.05) is 18.4 Å². The van der Waals surface area contributed by atoms with Gasteiger partial charge in [-0.2, -0.15) is 9.37 Å². The highest BCUT2D eigenvalue weighted by Crippen LogP contribution is 2.30. The molecule has 3 heterocycles. The van der Waals surface area contributed by atoms with Crippen molar-refractivity contribution in [1.29, 1.82) is 5.41 Å². The Bertz CT molecular complexity index is 1220. The summed E-state index contributed by atoms with van der Waals surface area (Å²) in [4.78, 5) is 21.3. The van der Waals surface area contributed by atoms with E-state index >= 15 is 0 Å². The lowest BCUT2D eigenvalue weighted by Gasteiger charge is -2.33. The molecule has 3 aromatic rings. The van der Waals surface area contributed by atoms with Gasteiger partial charge in [-0.25, -0.2) is 4.39 Å². The molecule has 1 aliphatic rings. The SMILES string of the molecule is C=CC(=O)N1CCC[C@H](C(=N)c2c(F)cncc2Nc2ccc(Oc3ccccc3)nc2F)C1. The second-order valence-corrected chi connectivity index (χ2v) is 7.81. The Morgan fingerprint density at radius 3 is 2.71 bits per heavy atom. The number of para-hydroxylation sites is 1. The molecule has 0 aliphatic carbocycles. The summed E-state index contributed by atoms with van der Waals surface area (Å²) in [5, 5.41) is 11.5. The van der Waals surface area contributed by atoms with Gasteiger partial charge in [0, 0.05) is 30.8 Å². The van der Waals surface area contributed by atoms with Crippen LogP contribution in [0.2, 0.25) is 0 Å². The van der Waals surface area contributed by atoms with Gasteiger partial charge in [0.25, 0.3) is 0 Å². The number of carbonyl (C=O) groups is 1. The van der Waals surface area contributed by atoms with Gasteiger partial charge in [0.2, 0.25) is 17.7 Å². The van der Waals surface area contributed by atoms with E-state index in [4.69, 9.17) is 10.1 Å². The Morgan fingerprint density at radius 1 is 1.18 bits per heavy atom. The number of anilines is 2. The minimum absolute atomic E-state index is 0.0151. The predicted molar refractivity (Wildman–Crippen MR) is 125 cm³/mol.